The zero-order valence-corrected chi connectivity index (χ0v) is 10.8. The number of carboxylic acids is 1. The number of rotatable bonds is 8. The molecule has 0 radical (unpaired) electrons. The van der Waals surface area contributed by atoms with Gasteiger partial charge >= 0.3 is 5.97 Å². The lowest BCUT2D eigenvalue weighted by atomic mass is 10.2. The highest BCUT2D eigenvalue weighted by Crippen LogP contribution is 2.20. The number of carboxylic acid groups (broad SMARTS) is 1. The van der Waals surface area contributed by atoms with E-state index in [9.17, 15) is 4.79 Å². The molecular formula is C11H22O3S. The number of carbonyl (C=O) groups is 1. The zero-order chi connectivity index (χ0) is 11.8. The first-order valence-electron chi connectivity index (χ1n) is 5.45. The fraction of sp³-hybridized carbons (Fsp3) is 0.909. The highest BCUT2D eigenvalue weighted by molar-refractivity contribution is 7.99. The Kier molecular flexibility index (Phi) is 7.88. The molecule has 0 rings (SSSR count). The van der Waals surface area contributed by atoms with Crippen molar-refractivity contribution in [1.82, 2.24) is 0 Å². The third-order valence-corrected chi connectivity index (χ3v) is 3.88. The van der Waals surface area contributed by atoms with E-state index >= 15 is 0 Å². The third kappa shape index (κ3) is 6.79. The van der Waals surface area contributed by atoms with E-state index in [0.29, 0.717) is 24.2 Å². The summed E-state index contributed by atoms with van der Waals surface area (Å²) >= 11 is 1.81. The van der Waals surface area contributed by atoms with Crippen molar-refractivity contribution in [1.29, 1.82) is 0 Å². The monoisotopic (exact) mass is 234 g/mol. The molecule has 2 atom stereocenters. The summed E-state index contributed by atoms with van der Waals surface area (Å²) < 4.78 is 5.13. The fourth-order valence-corrected chi connectivity index (χ4v) is 2.14. The maximum Gasteiger partial charge on any atom is 0.332 e. The molecule has 0 bridgehead atoms. The van der Waals surface area contributed by atoms with Crippen LogP contribution < -0.4 is 0 Å². The van der Waals surface area contributed by atoms with Crippen molar-refractivity contribution in [2.24, 2.45) is 5.92 Å². The number of hydrogen-bond donors (Lipinski definition) is 1. The molecule has 0 aromatic carbocycles. The molecule has 0 aliphatic carbocycles. The van der Waals surface area contributed by atoms with Crippen molar-refractivity contribution >= 4 is 17.7 Å². The number of aliphatic carboxylic acids is 1. The van der Waals surface area contributed by atoms with Crippen LogP contribution in [-0.2, 0) is 9.53 Å². The quantitative estimate of drug-likeness (QED) is 0.701. The predicted octanol–water partition coefficient (Wildman–Crippen LogP) is 2.64. The Hall–Kier alpha value is -0.220. The topological polar surface area (TPSA) is 46.5 Å². The van der Waals surface area contributed by atoms with Crippen molar-refractivity contribution in [3.8, 4) is 0 Å². The first-order chi connectivity index (χ1) is 6.99. The molecule has 0 saturated carbocycles. The fourth-order valence-electron chi connectivity index (χ4n) is 1.03. The maximum absolute atomic E-state index is 10.8. The van der Waals surface area contributed by atoms with E-state index in [4.69, 9.17) is 9.84 Å². The summed E-state index contributed by atoms with van der Waals surface area (Å²) in [5.74, 6) is 0.621. The first kappa shape index (κ1) is 14.8. The predicted molar refractivity (Wildman–Crippen MR) is 64.4 cm³/mol. The standard InChI is InChI=1S/C11H22O3S/c1-5-14-10(11(12)13)6-7-15-9(4)8(2)3/h8-10H,5-7H2,1-4H3,(H,12,13). The second-order valence-electron chi connectivity index (χ2n) is 3.89. The normalized spacial score (nSPS) is 15.3. The van der Waals surface area contributed by atoms with Crippen LogP contribution in [0.15, 0.2) is 0 Å². The van der Waals surface area contributed by atoms with Crippen LogP contribution in [0.1, 0.15) is 34.1 Å². The summed E-state index contributed by atoms with van der Waals surface area (Å²) in [4.78, 5) is 10.8. The molecule has 0 aromatic heterocycles. The maximum atomic E-state index is 10.8. The largest absolute Gasteiger partial charge is 0.479 e. The van der Waals surface area contributed by atoms with Crippen molar-refractivity contribution in [3.63, 3.8) is 0 Å². The van der Waals surface area contributed by atoms with Gasteiger partial charge in [-0.25, -0.2) is 4.79 Å². The summed E-state index contributed by atoms with van der Waals surface area (Å²) in [7, 11) is 0. The van der Waals surface area contributed by atoms with Crippen LogP contribution in [0.4, 0.5) is 0 Å². The third-order valence-electron chi connectivity index (χ3n) is 2.34. The number of ether oxygens (including phenoxy) is 1. The van der Waals surface area contributed by atoms with Crippen molar-refractivity contribution in [3.05, 3.63) is 0 Å². The van der Waals surface area contributed by atoms with Crippen molar-refractivity contribution in [2.45, 2.75) is 45.5 Å². The Morgan fingerprint density at radius 3 is 2.40 bits per heavy atom. The van der Waals surface area contributed by atoms with Gasteiger partial charge in [0, 0.05) is 11.9 Å². The molecule has 0 aliphatic rings. The van der Waals surface area contributed by atoms with Crippen LogP contribution in [0, 0.1) is 5.92 Å². The lowest BCUT2D eigenvalue weighted by Gasteiger charge is -2.16. The summed E-state index contributed by atoms with van der Waals surface area (Å²) in [6.07, 6.45) is -0.0490. The Bertz CT molecular complexity index is 183. The van der Waals surface area contributed by atoms with Crippen LogP contribution in [0.3, 0.4) is 0 Å². The smallest absolute Gasteiger partial charge is 0.332 e. The average molecular weight is 234 g/mol. The second kappa shape index (κ2) is 7.99. The van der Waals surface area contributed by atoms with Gasteiger partial charge in [-0.1, -0.05) is 20.8 Å². The molecule has 4 heteroatoms. The lowest BCUT2D eigenvalue weighted by molar-refractivity contribution is -0.150. The lowest BCUT2D eigenvalue weighted by Crippen LogP contribution is -2.25. The molecule has 15 heavy (non-hydrogen) atoms. The summed E-state index contributed by atoms with van der Waals surface area (Å²) in [6, 6.07) is 0. The Morgan fingerprint density at radius 1 is 1.40 bits per heavy atom. The van der Waals surface area contributed by atoms with Gasteiger partial charge in [0.05, 0.1) is 0 Å². The van der Waals surface area contributed by atoms with E-state index in [-0.39, 0.29) is 0 Å². The van der Waals surface area contributed by atoms with Gasteiger partial charge in [0.1, 0.15) is 0 Å². The van der Waals surface area contributed by atoms with Crippen LogP contribution in [0.2, 0.25) is 0 Å². The van der Waals surface area contributed by atoms with Crippen molar-refractivity contribution in [2.75, 3.05) is 12.4 Å². The molecule has 90 valence electrons. The van der Waals surface area contributed by atoms with Gasteiger partial charge in [-0.05, 0) is 25.0 Å². The van der Waals surface area contributed by atoms with E-state index < -0.39 is 12.1 Å². The highest BCUT2D eigenvalue weighted by Gasteiger charge is 2.17. The van der Waals surface area contributed by atoms with Gasteiger partial charge < -0.3 is 9.84 Å². The van der Waals surface area contributed by atoms with E-state index in [1.54, 1.807) is 0 Å². The minimum Gasteiger partial charge on any atom is -0.479 e. The van der Waals surface area contributed by atoms with Crippen LogP contribution in [0.5, 0.6) is 0 Å². The van der Waals surface area contributed by atoms with E-state index in [1.165, 1.54) is 0 Å². The van der Waals surface area contributed by atoms with Gasteiger partial charge in [0.2, 0.25) is 0 Å². The molecule has 0 fully saturated rings. The molecule has 0 heterocycles. The SMILES string of the molecule is CCOC(CCSC(C)C(C)C)C(=O)O. The Balaban J connectivity index is 3.75. The molecule has 2 unspecified atom stereocenters. The Labute approximate surface area is 96.6 Å². The average Bonchev–Trinajstić information content (AvgIpc) is 2.15. The molecule has 0 spiro atoms. The van der Waals surface area contributed by atoms with Gasteiger partial charge in [-0.15, -0.1) is 0 Å². The summed E-state index contributed by atoms with van der Waals surface area (Å²) in [5.41, 5.74) is 0. The molecular weight excluding hydrogens is 212 g/mol. The van der Waals surface area contributed by atoms with Gasteiger partial charge in [-0.2, -0.15) is 11.8 Å². The second-order valence-corrected chi connectivity index (χ2v) is 5.38. The Morgan fingerprint density at radius 2 is 2.00 bits per heavy atom. The minimum atomic E-state index is -0.852. The van der Waals surface area contributed by atoms with E-state index in [1.807, 2.05) is 18.7 Å². The highest BCUT2D eigenvalue weighted by atomic mass is 32.2. The molecule has 0 saturated heterocycles. The van der Waals surface area contributed by atoms with E-state index in [0.717, 1.165) is 5.75 Å². The summed E-state index contributed by atoms with van der Waals surface area (Å²) in [5, 5.41) is 9.41. The molecule has 1 N–H and O–H groups in total. The minimum absolute atomic E-state index is 0.460. The van der Waals surface area contributed by atoms with Crippen LogP contribution >= 0.6 is 11.8 Å². The number of hydrogen-bond acceptors (Lipinski definition) is 3. The first-order valence-corrected chi connectivity index (χ1v) is 6.49. The molecule has 0 aromatic rings. The molecule has 0 aliphatic heterocycles. The van der Waals surface area contributed by atoms with Gasteiger partial charge in [0.25, 0.3) is 0 Å². The van der Waals surface area contributed by atoms with Crippen molar-refractivity contribution < 1.29 is 14.6 Å². The zero-order valence-electron chi connectivity index (χ0n) is 10.0. The van der Waals surface area contributed by atoms with Crippen LogP contribution in [0.25, 0.3) is 0 Å². The summed E-state index contributed by atoms with van der Waals surface area (Å²) in [6.45, 7) is 8.80. The van der Waals surface area contributed by atoms with E-state index in [2.05, 4.69) is 20.8 Å². The number of thioether (sulfide) groups is 1. The van der Waals surface area contributed by atoms with Crippen LogP contribution in [-0.4, -0.2) is 34.8 Å². The molecule has 0 amide bonds. The van der Waals surface area contributed by atoms with Gasteiger partial charge in [0.15, 0.2) is 6.10 Å². The molecule has 3 nitrogen and oxygen atoms in total. The van der Waals surface area contributed by atoms with Gasteiger partial charge in [-0.3, -0.25) is 0 Å².